The fourth-order valence-corrected chi connectivity index (χ4v) is 2.32. The van der Waals surface area contributed by atoms with Gasteiger partial charge >= 0.3 is 0 Å². The van der Waals surface area contributed by atoms with Crippen molar-refractivity contribution >= 4 is 0 Å². The second-order valence-corrected chi connectivity index (χ2v) is 5.64. The highest BCUT2D eigenvalue weighted by atomic mass is 16.5. The Bertz CT molecular complexity index is 134. The number of ether oxygens (including phenoxy) is 1. The average molecular weight is 271 g/mol. The second kappa shape index (κ2) is 17.9. The van der Waals surface area contributed by atoms with Crippen LogP contribution in [0.1, 0.15) is 90.4 Å². The summed E-state index contributed by atoms with van der Waals surface area (Å²) >= 11 is 0. The molecule has 0 radical (unpaired) electrons. The summed E-state index contributed by atoms with van der Waals surface area (Å²) in [6.07, 6.45) is 17.5. The van der Waals surface area contributed by atoms with E-state index >= 15 is 0 Å². The van der Waals surface area contributed by atoms with Crippen LogP contribution in [0.5, 0.6) is 0 Å². The molecule has 0 aromatic carbocycles. The molecule has 19 heavy (non-hydrogen) atoms. The Labute approximate surface area is 121 Å². The van der Waals surface area contributed by atoms with E-state index in [0.29, 0.717) is 0 Å². The summed E-state index contributed by atoms with van der Waals surface area (Å²) in [6, 6.07) is 0. The highest BCUT2D eigenvalue weighted by Gasteiger charge is 1.93. The molecule has 0 aromatic heterocycles. The monoisotopic (exact) mass is 271 g/mol. The van der Waals surface area contributed by atoms with E-state index in [1.54, 1.807) is 0 Å². The molecule has 2 N–H and O–H groups in total. The van der Waals surface area contributed by atoms with Gasteiger partial charge in [-0.3, -0.25) is 0 Å². The van der Waals surface area contributed by atoms with E-state index in [-0.39, 0.29) is 0 Å². The van der Waals surface area contributed by atoms with Gasteiger partial charge in [0, 0.05) is 13.2 Å². The van der Waals surface area contributed by atoms with Crippen LogP contribution in [0.2, 0.25) is 0 Å². The van der Waals surface area contributed by atoms with Crippen molar-refractivity contribution in [1.82, 2.24) is 0 Å². The maximum absolute atomic E-state index is 5.61. The summed E-state index contributed by atoms with van der Waals surface area (Å²) in [6.45, 7) is 4.98. The molecule has 0 fully saturated rings. The molecule has 0 heterocycles. The fraction of sp³-hybridized carbons (Fsp3) is 1.00. The molecule has 0 saturated heterocycles. The molecule has 0 unspecified atom stereocenters. The van der Waals surface area contributed by atoms with Crippen LogP contribution in [0, 0.1) is 0 Å². The Kier molecular flexibility index (Phi) is 17.8. The first-order valence-electron chi connectivity index (χ1n) is 8.69. The van der Waals surface area contributed by atoms with Crippen LogP contribution in [0.3, 0.4) is 0 Å². The number of hydrogen-bond acceptors (Lipinski definition) is 2. The number of nitrogens with two attached hydrogens (primary N) is 1. The standard InChI is InChI=1S/C17H37NO/c1-2-3-4-5-6-7-8-9-10-13-16-19-17-14-11-12-15-18/h2-18H2,1H3. The first-order chi connectivity index (χ1) is 9.41. The third-order valence-corrected chi connectivity index (χ3v) is 3.64. The lowest BCUT2D eigenvalue weighted by Crippen LogP contribution is -2.01. The Hall–Kier alpha value is -0.0800. The molecule has 0 aliphatic heterocycles. The van der Waals surface area contributed by atoms with Gasteiger partial charge in [-0.05, 0) is 32.2 Å². The molecule has 0 aromatic rings. The van der Waals surface area contributed by atoms with E-state index in [4.69, 9.17) is 10.5 Å². The molecule has 0 rings (SSSR count). The third-order valence-electron chi connectivity index (χ3n) is 3.64. The fourth-order valence-electron chi connectivity index (χ4n) is 2.32. The first-order valence-corrected chi connectivity index (χ1v) is 8.69. The van der Waals surface area contributed by atoms with Gasteiger partial charge in [-0.15, -0.1) is 0 Å². The van der Waals surface area contributed by atoms with Crippen LogP contribution in [0.4, 0.5) is 0 Å². The zero-order valence-corrected chi connectivity index (χ0v) is 13.3. The molecular weight excluding hydrogens is 234 g/mol. The molecule has 2 heteroatoms. The number of rotatable bonds is 16. The van der Waals surface area contributed by atoms with Crippen molar-refractivity contribution < 1.29 is 4.74 Å². The highest BCUT2D eigenvalue weighted by Crippen LogP contribution is 2.10. The van der Waals surface area contributed by atoms with Gasteiger partial charge < -0.3 is 10.5 Å². The molecule has 2 nitrogen and oxygen atoms in total. The lowest BCUT2D eigenvalue weighted by atomic mass is 10.1. The zero-order chi connectivity index (χ0) is 14.0. The van der Waals surface area contributed by atoms with Crippen molar-refractivity contribution in [1.29, 1.82) is 0 Å². The van der Waals surface area contributed by atoms with E-state index in [0.717, 1.165) is 26.2 Å². The highest BCUT2D eigenvalue weighted by molar-refractivity contribution is 4.47. The van der Waals surface area contributed by atoms with Crippen LogP contribution in [-0.4, -0.2) is 19.8 Å². The van der Waals surface area contributed by atoms with Gasteiger partial charge in [-0.2, -0.15) is 0 Å². The minimum Gasteiger partial charge on any atom is -0.381 e. The summed E-state index contributed by atoms with van der Waals surface area (Å²) in [7, 11) is 0. The molecule has 0 aliphatic carbocycles. The number of hydrogen-bond donors (Lipinski definition) is 1. The van der Waals surface area contributed by atoms with Gasteiger partial charge in [-0.25, -0.2) is 0 Å². The lowest BCUT2D eigenvalue weighted by molar-refractivity contribution is 0.126. The van der Waals surface area contributed by atoms with Crippen LogP contribution >= 0.6 is 0 Å². The average Bonchev–Trinajstić information content (AvgIpc) is 2.43. The largest absolute Gasteiger partial charge is 0.381 e. The second-order valence-electron chi connectivity index (χ2n) is 5.64. The van der Waals surface area contributed by atoms with Crippen LogP contribution < -0.4 is 5.73 Å². The van der Waals surface area contributed by atoms with Crippen LogP contribution in [-0.2, 0) is 4.74 Å². The van der Waals surface area contributed by atoms with E-state index in [9.17, 15) is 0 Å². The van der Waals surface area contributed by atoms with Gasteiger partial charge in [0.05, 0.1) is 0 Å². The summed E-state index contributed by atoms with van der Waals surface area (Å²) in [5.74, 6) is 0. The van der Waals surface area contributed by atoms with Gasteiger partial charge in [0.15, 0.2) is 0 Å². The molecule has 0 saturated carbocycles. The SMILES string of the molecule is CCCCCCCCCCCCOCCCCCN. The topological polar surface area (TPSA) is 35.2 Å². The van der Waals surface area contributed by atoms with Gasteiger partial charge in [0.1, 0.15) is 0 Å². The normalized spacial score (nSPS) is 11.1. The Morgan fingerprint density at radius 3 is 1.47 bits per heavy atom. The minimum absolute atomic E-state index is 0.818. The van der Waals surface area contributed by atoms with Crippen molar-refractivity contribution in [2.24, 2.45) is 5.73 Å². The predicted molar refractivity (Wildman–Crippen MR) is 85.6 cm³/mol. The first kappa shape index (κ1) is 18.9. The predicted octanol–water partition coefficient (Wildman–Crippen LogP) is 5.05. The van der Waals surface area contributed by atoms with Gasteiger partial charge in [-0.1, -0.05) is 64.7 Å². The summed E-state index contributed by atoms with van der Waals surface area (Å²) in [5.41, 5.74) is 5.44. The maximum Gasteiger partial charge on any atom is 0.0466 e. The molecule has 0 aliphatic rings. The quantitative estimate of drug-likeness (QED) is 0.399. The van der Waals surface area contributed by atoms with Crippen molar-refractivity contribution in [3.8, 4) is 0 Å². The van der Waals surface area contributed by atoms with E-state index in [1.165, 1.54) is 77.0 Å². The zero-order valence-electron chi connectivity index (χ0n) is 13.3. The Morgan fingerprint density at radius 2 is 1.00 bits per heavy atom. The minimum atomic E-state index is 0.818. The summed E-state index contributed by atoms with van der Waals surface area (Å²) < 4.78 is 5.61. The van der Waals surface area contributed by atoms with E-state index < -0.39 is 0 Å². The molecular formula is C17H37NO. The van der Waals surface area contributed by atoms with Crippen molar-refractivity contribution in [2.45, 2.75) is 90.4 Å². The van der Waals surface area contributed by atoms with Crippen molar-refractivity contribution in [3.05, 3.63) is 0 Å². The van der Waals surface area contributed by atoms with Crippen molar-refractivity contribution in [3.63, 3.8) is 0 Å². The molecule has 0 amide bonds. The smallest absolute Gasteiger partial charge is 0.0466 e. The Morgan fingerprint density at radius 1 is 0.579 bits per heavy atom. The Balaban J connectivity index is 2.88. The van der Waals surface area contributed by atoms with Gasteiger partial charge in [0.2, 0.25) is 0 Å². The molecule has 0 atom stereocenters. The lowest BCUT2D eigenvalue weighted by Gasteiger charge is -2.04. The maximum atomic E-state index is 5.61. The summed E-state index contributed by atoms with van der Waals surface area (Å²) in [4.78, 5) is 0. The van der Waals surface area contributed by atoms with Crippen molar-refractivity contribution in [2.75, 3.05) is 19.8 Å². The van der Waals surface area contributed by atoms with E-state index in [2.05, 4.69) is 6.92 Å². The molecule has 0 bridgehead atoms. The number of unbranched alkanes of at least 4 members (excludes halogenated alkanes) is 11. The van der Waals surface area contributed by atoms with E-state index in [1.807, 2.05) is 0 Å². The molecule has 0 spiro atoms. The van der Waals surface area contributed by atoms with Crippen LogP contribution in [0.15, 0.2) is 0 Å². The van der Waals surface area contributed by atoms with Crippen LogP contribution in [0.25, 0.3) is 0 Å². The summed E-state index contributed by atoms with van der Waals surface area (Å²) in [5, 5.41) is 0. The molecule has 116 valence electrons. The third kappa shape index (κ3) is 17.9. The van der Waals surface area contributed by atoms with Gasteiger partial charge in [0.25, 0.3) is 0 Å².